The van der Waals surface area contributed by atoms with Gasteiger partial charge >= 0.3 is 0 Å². The SMILES string of the molecule is CN=C(NCCc1ccc(NC(C)=O)cc1)NC1CCN(c2c(F)cccc2F)C1.I. The molecule has 1 fully saturated rings. The summed E-state index contributed by atoms with van der Waals surface area (Å²) in [4.78, 5) is 17.0. The van der Waals surface area contributed by atoms with E-state index in [2.05, 4.69) is 20.9 Å². The molecule has 2 aromatic carbocycles. The van der Waals surface area contributed by atoms with Crippen LogP contribution in [0.5, 0.6) is 0 Å². The summed E-state index contributed by atoms with van der Waals surface area (Å²) < 4.78 is 28.0. The number of nitrogens with zero attached hydrogens (tertiary/aromatic N) is 2. The summed E-state index contributed by atoms with van der Waals surface area (Å²) in [7, 11) is 1.70. The third kappa shape index (κ3) is 7.05. The van der Waals surface area contributed by atoms with Gasteiger partial charge in [-0.25, -0.2) is 8.78 Å². The maximum Gasteiger partial charge on any atom is 0.221 e. The average molecular weight is 543 g/mol. The molecule has 1 amide bonds. The van der Waals surface area contributed by atoms with Gasteiger partial charge in [0.1, 0.15) is 17.3 Å². The van der Waals surface area contributed by atoms with Crippen LogP contribution in [0, 0.1) is 11.6 Å². The molecule has 6 nitrogen and oxygen atoms in total. The van der Waals surface area contributed by atoms with E-state index in [1.54, 1.807) is 11.9 Å². The summed E-state index contributed by atoms with van der Waals surface area (Å²) >= 11 is 0. The second kappa shape index (κ2) is 11.8. The highest BCUT2D eigenvalue weighted by molar-refractivity contribution is 14.0. The van der Waals surface area contributed by atoms with Gasteiger partial charge in [0, 0.05) is 45.3 Å². The number of carbonyl (C=O) groups excluding carboxylic acids is 1. The van der Waals surface area contributed by atoms with Crippen LogP contribution in [-0.4, -0.2) is 44.6 Å². The first-order valence-electron chi connectivity index (χ1n) is 9.99. The topological polar surface area (TPSA) is 68.8 Å². The predicted molar refractivity (Wildman–Crippen MR) is 131 cm³/mol. The lowest BCUT2D eigenvalue weighted by Gasteiger charge is -2.21. The number of guanidine groups is 1. The monoisotopic (exact) mass is 543 g/mol. The normalized spacial score (nSPS) is 15.9. The Balaban J connectivity index is 0.00000341. The van der Waals surface area contributed by atoms with Crippen LogP contribution in [-0.2, 0) is 11.2 Å². The van der Waals surface area contributed by atoms with Crippen molar-refractivity contribution in [1.82, 2.24) is 10.6 Å². The van der Waals surface area contributed by atoms with Gasteiger partial charge in [-0.1, -0.05) is 18.2 Å². The molecule has 3 rings (SSSR count). The molecular weight excluding hydrogens is 515 g/mol. The van der Waals surface area contributed by atoms with Crippen LogP contribution in [0.1, 0.15) is 18.9 Å². The third-order valence-corrected chi connectivity index (χ3v) is 4.99. The minimum absolute atomic E-state index is 0. The Labute approximate surface area is 198 Å². The quantitative estimate of drug-likeness (QED) is 0.297. The fraction of sp³-hybridized carbons (Fsp3) is 0.364. The van der Waals surface area contributed by atoms with Crippen LogP contribution < -0.4 is 20.9 Å². The third-order valence-electron chi connectivity index (χ3n) is 4.99. The zero-order chi connectivity index (χ0) is 21.5. The molecule has 1 aliphatic heterocycles. The summed E-state index contributed by atoms with van der Waals surface area (Å²) in [6, 6.07) is 11.7. The summed E-state index contributed by atoms with van der Waals surface area (Å²) in [5.41, 5.74) is 1.94. The summed E-state index contributed by atoms with van der Waals surface area (Å²) in [6.45, 7) is 3.24. The van der Waals surface area contributed by atoms with Gasteiger partial charge in [0.25, 0.3) is 0 Å². The number of hydrogen-bond donors (Lipinski definition) is 3. The number of anilines is 2. The Morgan fingerprint density at radius 1 is 1.16 bits per heavy atom. The lowest BCUT2D eigenvalue weighted by molar-refractivity contribution is -0.114. The van der Waals surface area contributed by atoms with Gasteiger partial charge in [0.15, 0.2) is 5.96 Å². The number of amides is 1. The number of nitrogens with one attached hydrogen (secondary N) is 3. The van der Waals surface area contributed by atoms with Crippen LogP contribution in [0.2, 0.25) is 0 Å². The smallest absolute Gasteiger partial charge is 0.221 e. The molecule has 0 radical (unpaired) electrons. The first-order valence-corrected chi connectivity index (χ1v) is 9.99. The second-order valence-electron chi connectivity index (χ2n) is 7.27. The number of carbonyl (C=O) groups is 1. The fourth-order valence-electron chi connectivity index (χ4n) is 3.54. The summed E-state index contributed by atoms with van der Waals surface area (Å²) in [6.07, 6.45) is 1.55. The Kier molecular flexibility index (Phi) is 9.47. The van der Waals surface area contributed by atoms with Crippen LogP contribution >= 0.6 is 24.0 Å². The van der Waals surface area contributed by atoms with Crippen molar-refractivity contribution in [2.45, 2.75) is 25.8 Å². The molecule has 1 atom stereocenters. The second-order valence-corrected chi connectivity index (χ2v) is 7.27. The lowest BCUT2D eigenvalue weighted by atomic mass is 10.1. The first-order chi connectivity index (χ1) is 14.5. The molecule has 2 aromatic rings. The Bertz CT molecular complexity index is 887. The molecule has 1 heterocycles. The Hall–Kier alpha value is -2.43. The highest BCUT2D eigenvalue weighted by atomic mass is 127. The molecule has 3 N–H and O–H groups in total. The van der Waals surface area contributed by atoms with Crippen molar-refractivity contribution in [2.75, 3.05) is 36.9 Å². The van der Waals surface area contributed by atoms with Crippen LogP contribution in [0.4, 0.5) is 20.2 Å². The van der Waals surface area contributed by atoms with Crippen molar-refractivity contribution in [3.8, 4) is 0 Å². The van der Waals surface area contributed by atoms with Gasteiger partial charge < -0.3 is 20.9 Å². The number of aliphatic imine (C=N–C) groups is 1. The fourth-order valence-corrected chi connectivity index (χ4v) is 3.54. The molecule has 168 valence electrons. The van der Waals surface area contributed by atoms with Gasteiger partial charge in [-0.3, -0.25) is 9.79 Å². The minimum atomic E-state index is -0.539. The largest absolute Gasteiger partial charge is 0.365 e. The minimum Gasteiger partial charge on any atom is -0.365 e. The molecule has 0 aliphatic carbocycles. The standard InChI is InChI=1S/C22H27F2N5O.HI/c1-15(30)27-17-8-6-16(7-9-17)10-12-26-22(25-2)28-18-11-13-29(14-18)21-19(23)4-3-5-20(21)24;/h3-9,18H,10-14H2,1-2H3,(H,27,30)(H2,25,26,28);1H. The lowest BCUT2D eigenvalue weighted by Crippen LogP contribution is -2.45. The molecule has 31 heavy (non-hydrogen) atoms. The zero-order valence-corrected chi connectivity index (χ0v) is 20.0. The number of halogens is 3. The van der Waals surface area contributed by atoms with Gasteiger partial charge in [-0.05, 0) is 42.7 Å². The van der Waals surface area contributed by atoms with Crippen LogP contribution in [0.3, 0.4) is 0 Å². The zero-order valence-electron chi connectivity index (χ0n) is 17.6. The molecule has 1 saturated heterocycles. The van der Waals surface area contributed by atoms with E-state index in [1.807, 2.05) is 24.3 Å². The van der Waals surface area contributed by atoms with Crippen molar-refractivity contribution in [3.05, 3.63) is 59.7 Å². The molecular formula is C22H28F2IN5O. The molecule has 0 spiro atoms. The maximum absolute atomic E-state index is 14.0. The van der Waals surface area contributed by atoms with E-state index in [1.165, 1.54) is 25.1 Å². The van der Waals surface area contributed by atoms with Gasteiger partial charge in [0.05, 0.1) is 0 Å². The van der Waals surface area contributed by atoms with E-state index in [0.29, 0.717) is 25.6 Å². The summed E-state index contributed by atoms with van der Waals surface area (Å²) in [5.74, 6) is -0.515. The molecule has 1 unspecified atom stereocenters. The Morgan fingerprint density at radius 2 is 1.84 bits per heavy atom. The molecule has 1 aliphatic rings. The van der Waals surface area contributed by atoms with E-state index in [4.69, 9.17) is 0 Å². The van der Waals surface area contributed by atoms with Crippen LogP contribution in [0.25, 0.3) is 0 Å². The van der Waals surface area contributed by atoms with E-state index >= 15 is 0 Å². The highest BCUT2D eigenvalue weighted by Crippen LogP contribution is 2.26. The first kappa shape index (κ1) is 24.8. The van der Waals surface area contributed by atoms with Crippen molar-refractivity contribution < 1.29 is 13.6 Å². The van der Waals surface area contributed by atoms with Crippen molar-refractivity contribution >= 4 is 47.2 Å². The van der Waals surface area contributed by atoms with Crippen molar-refractivity contribution in [2.24, 2.45) is 4.99 Å². The van der Waals surface area contributed by atoms with E-state index in [-0.39, 0.29) is 41.6 Å². The van der Waals surface area contributed by atoms with Gasteiger partial charge in [-0.2, -0.15) is 0 Å². The summed E-state index contributed by atoms with van der Waals surface area (Å²) in [5, 5.41) is 9.34. The van der Waals surface area contributed by atoms with Gasteiger partial charge in [0.2, 0.25) is 5.91 Å². The van der Waals surface area contributed by atoms with E-state index in [9.17, 15) is 13.6 Å². The van der Waals surface area contributed by atoms with Gasteiger partial charge in [-0.15, -0.1) is 24.0 Å². The Morgan fingerprint density at radius 3 is 2.45 bits per heavy atom. The van der Waals surface area contributed by atoms with E-state index < -0.39 is 11.6 Å². The molecule has 0 saturated carbocycles. The van der Waals surface area contributed by atoms with Crippen molar-refractivity contribution in [3.63, 3.8) is 0 Å². The van der Waals surface area contributed by atoms with Crippen molar-refractivity contribution in [1.29, 1.82) is 0 Å². The predicted octanol–water partition coefficient (Wildman–Crippen LogP) is 3.53. The number of rotatable bonds is 6. The maximum atomic E-state index is 14.0. The number of benzene rings is 2. The number of para-hydroxylation sites is 1. The average Bonchev–Trinajstić information content (AvgIpc) is 3.16. The molecule has 9 heteroatoms. The van der Waals surface area contributed by atoms with Crippen LogP contribution in [0.15, 0.2) is 47.5 Å². The number of hydrogen-bond acceptors (Lipinski definition) is 3. The highest BCUT2D eigenvalue weighted by Gasteiger charge is 2.27. The molecule has 0 bridgehead atoms. The van der Waals surface area contributed by atoms with E-state index in [0.717, 1.165) is 24.1 Å². The molecule has 0 aromatic heterocycles.